The molecule has 0 rings (SSSR count). The number of carboxylic acid groups (broad SMARTS) is 2. The molecule has 0 aromatic carbocycles. The Hall–Kier alpha value is -2.03. The lowest BCUT2D eigenvalue weighted by molar-refractivity contribution is -0.160. The molecule has 0 radical (unpaired) electrons. The molecule has 0 unspecified atom stereocenters. The van der Waals surface area contributed by atoms with Crippen molar-refractivity contribution in [1.82, 2.24) is 0 Å². The normalized spacial score (nSPS) is 13.2. The summed E-state index contributed by atoms with van der Waals surface area (Å²) in [7, 11) is 0. The summed E-state index contributed by atoms with van der Waals surface area (Å²) in [5, 5.41) is 17.1. The summed E-state index contributed by atoms with van der Waals surface area (Å²) < 4.78 is 17.0. The van der Waals surface area contributed by atoms with Gasteiger partial charge in [0.05, 0.1) is 0 Å². The highest BCUT2D eigenvalue weighted by Gasteiger charge is 2.34. The number of rotatable bonds is 11. The first-order chi connectivity index (χ1) is 10.2. The minimum absolute atomic E-state index is 0.00494. The van der Waals surface area contributed by atoms with Crippen molar-refractivity contribution in [2.75, 3.05) is 6.67 Å². The van der Waals surface area contributed by atoms with Crippen molar-refractivity contribution >= 4 is 23.9 Å². The molecule has 8 nitrogen and oxygen atoms in total. The minimum Gasteiger partial charge on any atom is -0.481 e. The molecule has 0 amide bonds. The Labute approximate surface area is 126 Å². The van der Waals surface area contributed by atoms with Gasteiger partial charge in [-0.2, -0.15) is 0 Å². The van der Waals surface area contributed by atoms with Gasteiger partial charge in [-0.3, -0.25) is 19.2 Å². The van der Waals surface area contributed by atoms with Gasteiger partial charge in [-0.05, 0) is 19.3 Å². The molecular weight excluding hydrogens is 301 g/mol. The van der Waals surface area contributed by atoms with Gasteiger partial charge < -0.3 is 20.7 Å². The van der Waals surface area contributed by atoms with Crippen LogP contribution in [0.5, 0.6) is 0 Å². The molecule has 0 aromatic rings. The third kappa shape index (κ3) is 8.30. The van der Waals surface area contributed by atoms with E-state index < -0.39 is 48.9 Å². The quantitative estimate of drug-likeness (QED) is 0.285. The van der Waals surface area contributed by atoms with Crippen molar-refractivity contribution in [2.24, 2.45) is 5.73 Å². The monoisotopic (exact) mass is 321 g/mol. The van der Waals surface area contributed by atoms with E-state index in [1.165, 1.54) is 0 Å². The standard InChI is InChI=1S/C13H20FNO7/c14-8-13(15,12(20)21)7-6-11(19)22-10(18)5-3-1-2-4-9(16)17/h1-8,15H2,(H,16,17)(H,20,21)/t13-/m1/s1. The molecule has 0 bridgehead atoms. The van der Waals surface area contributed by atoms with Crippen LogP contribution in [0.4, 0.5) is 4.39 Å². The molecule has 126 valence electrons. The number of hydrogen-bond acceptors (Lipinski definition) is 6. The molecule has 0 aliphatic heterocycles. The molecule has 9 heteroatoms. The summed E-state index contributed by atoms with van der Waals surface area (Å²) in [5.74, 6) is -4.26. The first kappa shape index (κ1) is 20.0. The number of hydrogen-bond donors (Lipinski definition) is 3. The largest absolute Gasteiger partial charge is 0.481 e. The number of nitrogens with two attached hydrogens (primary N) is 1. The van der Waals surface area contributed by atoms with E-state index in [9.17, 15) is 23.6 Å². The van der Waals surface area contributed by atoms with Gasteiger partial charge in [0.1, 0.15) is 12.2 Å². The van der Waals surface area contributed by atoms with E-state index in [0.29, 0.717) is 19.3 Å². The summed E-state index contributed by atoms with van der Waals surface area (Å²) in [5.41, 5.74) is 3.07. The molecule has 4 N–H and O–H groups in total. The third-order valence-electron chi connectivity index (χ3n) is 2.94. The van der Waals surface area contributed by atoms with Crippen LogP contribution in [-0.2, 0) is 23.9 Å². The predicted octanol–water partition coefficient (Wildman–Crippen LogP) is 0.623. The number of carboxylic acids is 2. The Balaban J connectivity index is 3.94. The number of alkyl halides is 1. The van der Waals surface area contributed by atoms with E-state index in [-0.39, 0.29) is 12.8 Å². The van der Waals surface area contributed by atoms with Gasteiger partial charge in [0.25, 0.3) is 0 Å². The maximum Gasteiger partial charge on any atom is 0.326 e. The van der Waals surface area contributed by atoms with Crippen molar-refractivity contribution in [3.05, 3.63) is 0 Å². The van der Waals surface area contributed by atoms with Gasteiger partial charge in [0, 0.05) is 19.3 Å². The number of esters is 2. The van der Waals surface area contributed by atoms with Gasteiger partial charge in [-0.15, -0.1) is 0 Å². The number of ether oxygens (including phenoxy) is 1. The Morgan fingerprint density at radius 2 is 1.50 bits per heavy atom. The molecule has 1 atom stereocenters. The first-order valence-electron chi connectivity index (χ1n) is 6.75. The second kappa shape index (κ2) is 9.82. The van der Waals surface area contributed by atoms with Gasteiger partial charge in [0.2, 0.25) is 0 Å². The van der Waals surface area contributed by atoms with Crippen LogP contribution >= 0.6 is 0 Å². The number of halogens is 1. The van der Waals surface area contributed by atoms with E-state index in [4.69, 9.17) is 15.9 Å². The number of carbonyl (C=O) groups is 4. The smallest absolute Gasteiger partial charge is 0.326 e. The third-order valence-corrected chi connectivity index (χ3v) is 2.94. The van der Waals surface area contributed by atoms with Crippen LogP contribution in [0.1, 0.15) is 44.9 Å². The van der Waals surface area contributed by atoms with Crippen LogP contribution in [0, 0.1) is 0 Å². The number of aliphatic carboxylic acids is 2. The first-order valence-corrected chi connectivity index (χ1v) is 6.75. The average molecular weight is 321 g/mol. The van der Waals surface area contributed by atoms with Crippen molar-refractivity contribution in [1.29, 1.82) is 0 Å². The summed E-state index contributed by atoms with van der Waals surface area (Å²) in [6.07, 6.45) is 0.275. The van der Waals surface area contributed by atoms with Gasteiger partial charge in [-0.25, -0.2) is 4.39 Å². The summed E-state index contributed by atoms with van der Waals surface area (Å²) in [6.45, 7) is -1.34. The lowest BCUT2D eigenvalue weighted by atomic mass is 9.96. The predicted molar refractivity (Wildman–Crippen MR) is 71.6 cm³/mol. The van der Waals surface area contributed by atoms with Crippen LogP contribution in [0.2, 0.25) is 0 Å². The van der Waals surface area contributed by atoms with Crippen LogP contribution in [0.3, 0.4) is 0 Å². The second-order valence-electron chi connectivity index (χ2n) is 4.90. The van der Waals surface area contributed by atoms with E-state index in [0.717, 1.165) is 0 Å². The Kier molecular flexibility index (Phi) is 8.92. The van der Waals surface area contributed by atoms with Gasteiger partial charge in [0.15, 0.2) is 0 Å². The highest BCUT2D eigenvalue weighted by molar-refractivity contribution is 5.86. The molecule has 0 spiro atoms. The van der Waals surface area contributed by atoms with Gasteiger partial charge in [-0.1, -0.05) is 6.42 Å². The number of unbranched alkanes of at least 4 members (excludes halogenated alkanes) is 2. The van der Waals surface area contributed by atoms with E-state index >= 15 is 0 Å². The van der Waals surface area contributed by atoms with Gasteiger partial charge >= 0.3 is 23.9 Å². The SMILES string of the molecule is N[C@@](CF)(CCC(=O)OC(=O)CCCCCC(=O)O)C(=O)O. The lowest BCUT2D eigenvalue weighted by Gasteiger charge is -2.19. The zero-order valence-electron chi connectivity index (χ0n) is 12.0. The Bertz CT molecular complexity index is 427. The molecule has 0 aromatic heterocycles. The number of carbonyl (C=O) groups excluding carboxylic acids is 2. The fourth-order valence-electron chi connectivity index (χ4n) is 1.51. The molecule has 22 heavy (non-hydrogen) atoms. The fourth-order valence-corrected chi connectivity index (χ4v) is 1.51. The minimum atomic E-state index is -2.17. The Morgan fingerprint density at radius 1 is 0.955 bits per heavy atom. The Morgan fingerprint density at radius 3 is 2.00 bits per heavy atom. The lowest BCUT2D eigenvalue weighted by Crippen LogP contribution is -2.50. The zero-order valence-corrected chi connectivity index (χ0v) is 12.0. The summed E-state index contributed by atoms with van der Waals surface area (Å²) in [6, 6.07) is 0. The summed E-state index contributed by atoms with van der Waals surface area (Å²) in [4.78, 5) is 43.6. The molecule has 0 aliphatic rings. The van der Waals surface area contributed by atoms with E-state index in [1.54, 1.807) is 0 Å². The maximum atomic E-state index is 12.5. The van der Waals surface area contributed by atoms with Crippen molar-refractivity contribution in [2.45, 2.75) is 50.5 Å². The molecule has 0 fully saturated rings. The molecule has 0 saturated carbocycles. The zero-order chi connectivity index (χ0) is 17.2. The maximum absolute atomic E-state index is 12.5. The van der Waals surface area contributed by atoms with Crippen molar-refractivity contribution < 1.29 is 38.5 Å². The van der Waals surface area contributed by atoms with E-state index in [2.05, 4.69) is 4.74 Å². The van der Waals surface area contributed by atoms with Crippen molar-refractivity contribution in [3.63, 3.8) is 0 Å². The molecule has 0 saturated heterocycles. The topological polar surface area (TPSA) is 144 Å². The summed E-state index contributed by atoms with van der Waals surface area (Å²) >= 11 is 0. The van der Waals surface area contributed by atoms with Crippen molar-refractivity contribution in [3.8, 4) is 0 Å². The highest BCUT2D eigenvalue weighted by atomic mass is 19.1. The fraction of sp³-hybridized carbons (Fsp3) is 0.692. The molecule has 0 heterocycles. The van der Waals surface area contributed by atoms with Crippen LogP contribution < -0.4 is 5.73 Å². The highest BCUT2D eigenvalue weighted by Crippen LogP contribution is 2.12. The molecule has 0 aliphatic carbocycles. The van der Waals surface area contributed by atoms with Crippen LogP contribution in [-0.4, -0.2) is 46.3 Å². The average Bonchev–Trinajstić information content (AvgIpc) is 2.43. The van der Waals surface area contributed by atoms with Crippen LogP contribution in [0.25, 0.3) is 0 Å². The van der Waals surface area contributed by atoms with E-state index in [1.807, 2.05) is 0 Å². The second-order valence-corrected chi connectivity index (χ2v) is 4.90. The van der Waals surface area contributed by atoms with Crippen LogP contribution in [0.15, 0.2) is 0 Å². The molecular formula is C13H20FNO7.